The van der Waals surface area contributed by atoms with Gasteiger partial charge in [0.05, 0.1) is 18.3 Å². The average Bonchev–Trinajstić information content (AvgIpc) is 2.68. The van der Waals surface area contributed by atoms with Crippen molar-refractivity contribution >= 4 is 22.6 Å². The summed E-state index contributed by atoms with van der Waals surface area (Å²) in [5, 5.41) is 0. The minimum Gasteiger partial charge on any atom is -0.379 e. The van der Waals surface area contributed by atoms with Gasteiger partial charge in [-0.1, -0.05) is 49.3 Å². The fourth-order valence-corrected chi connectivity index (χ4v) is 3.11. The van der Waals surface area contributed by atoms with Gasteiger partial charge in [0.15, 0.2) is 0 Å². The molecule has 0 aliphatic heterocycles. The van der Waals surface area contributed by atoms with E-state index in [-0.39, 0.29) is 11.7 Å². The van der Waals surface area contributed by atoms with E-state index in [0.717, 1.165) is 11.0 Å². The molecule has 1 atom stereocenters. The summed E-state index contributed by atoms with van der Waals surface area (Å²) >= 11 is 2.45. The molecule has 0 amide bonds. The Hall–Kier alpha value is 0.650. The van der Waals surface area contributed by atoms with Gasteiger partial charge in [-0.05, 0) is 18.8 Å². The summed E-state index contributed by atoms with van der Waals surface area (Å²) in [5.41, 5.74) is 0.159. The molecule has 1 fully saturated rings. The van der Waals surface area contributed by atoms with Crippen molar-refractivity contribution in [2.24, 2.45) is 5.92 Å². The highest BCUT2D eigenvalue weighted by molar-refractivity contribution is 14.1. The lowest BCUT2D eigenvalue weighted by molar-refractivity contribution is -0.0832. The van der Waals surface area contributed by atoms with Crippen molar-refractivity contribution in [3.05, 3.63) is 0 Å². The third-order valence-corrected chi connectivity index (χ3v) is 4.75. The Labute approximate surface area is 107 Å². The third kappa shape index (κ3) is 3.86. The van der Waals surface area contributed by atoms with Gasteiger partial charge < -0.3 is 9.47 Å². The van der Waals surface area contributed by atoms with Crippen molar-refractivity contribution in [3.8, 4) is 0 Å². The number of methoxy groups -OCH3 is 1. The first kappa shape index (κ1) is 13.7. The Morgan fingerprint density at radius 3 is 2.27 bits per heavy atom. The number of hydrogen-bond acceptors (Lipinski definition) is 2. The maximum absolute atomic E-state index is 6.12. The summed E-state index contributed by atoms with van der Waals surface area (Å²) in [4.78, 5) is 0. The predicted octanol–water partition coefficient (Wildman–Crippen LogP) is 3.42. The molecule has 1 aliphatic rings. The van der Waals surface area contributed by atoms with Gasteiger partial charge in [0.2, 0.25) is 0 Å². The molecule has 2 nitrogen and oxygen atoms in total. The zero-order chi connectivity index (χ0) is 11.3. The summed E-state index contributed by atoms with van der Waals surface area (Å²) < 4.78 is 12.7. The Morgan fingerprint density at radius 1 is 1.27 bits per heavy atom. The van der Waals surface area contributed by atoms with Crippen LogP contribution < -0.4 is 0 Å². The van der Waals surface area contributed by atoms with Crippen LogP contribution in [0.5, 0.6) is 0 Å². The van der Waals surface area contributed by atoms with Gasteiger partial charge >= 0.3 is 0 Å². The summed E-state index contributed by atoms with van der Waals surface area (Å²) in [5.74, 6) is 0.530. The number of halogens is 1. The van der Waals surface area contributed by atoms with E-state index < -0.39 is 0 Å². The van der Waals surface area contributed by atoms with Crippen LogP contribution in [0.15, 0.2) is 0 Å². The van der Waals surface area contributed by atoms with Crippen LogP contribution in [-0.2, 0) is 9.47 Å². The van der Waals surface area contributed by atoms with Crippen LogP contribution in [-0.4, -0.2) is 29.8 Å². The molecule has 0 heterocycles. The van der Waals surface area contributed by atoms with E-state index in [0.29, 0.717) is 5.92 Å². The van der Waals surface area contributed by atoms with E-state index in [2.05, 4.69) is 36.4 Å². The minimum atomic E-state index is 0.159. The van der Waals surface area contributed by atoms with Crippen molar-refractivity contribution in [2.45, 2.75) is 51.2 Å². The second-order valence-electron chi connectivity index (χ2n) is 4.85. The lowest BCUT2D eigenvalue weighted by atomic mass is 10.0. The topological polar surface area (TPSA) is 18.5 Å². The SMILES string of the molecule is COC(COC1(CI)CCCC1)C(C)C. The van der Waals surface area contributed by atoms with E-state index in [4.69, 9.17) is 9.47 Å². The van der Waals surface area contributed by atoms with Crippen molar-refractivity contribution in [1.82, 2.24) is 0 Å². The van der Waals surface area contributed by atoms with Crippen LogP contribution in [0.25, 0.3) is 0 Å². The van der Waals surface area contributed by atoms with Gasteiger partial charge in [0, 0.05) is 11.5 Å². The molecule has 1 rings (SSSR count). The largest absolute Gasteiger partial charge is 0.379 e. The molecule has 1 unspecified atom stereocenters. The highest BCUT2D eigenvalue weighted by Crippen LogP contribution is 2.35. The van der Waals surface area contributed by atoms with Crippen LogP contribution in [0.3, 0.4) is 0 Å². The first-order valence-corrected chi connectivity index (χ1v) is 7.39. The molecule has 0 aromatic rings. The fraction of sp³-hybridized carbons (Fsp3) is 1.00. The summed E-state index contributed by atoms with van der Waals surface area (Å²) in [6.07, 6.45) is 5.34. The summed E-state index contributed by atoms with van der Waals surface area (Å²) in [6.45, 7) is 5.11. The molecule has 1 aliphatic carbocycles. The second kappa shape index (κ2) is 6.40. The molecule has 0 aromatic heterocycles. The van der Waals surface area contributed by atoms with Crippen LogP contribution in [0, 0.1) is 5.92 Å². The minimum absolute atomic E-state index is 0.159. The highest BCUT2D eigenvalue weighted by Gasteiger charge is 2.34. The molecular formula is C12H23IO2. The molecule has 0 bridgehead atoms. The zero-order valence-electron chi connectivity index (χ0n) is 10.1. The molecule has 0 N–H and O–H groups in total. The van der Waals surface area contributed by atoms with Gasteiger partial charge in [0.25, 0.3) is 0 Å². The predicted molar refractivity (Wildman–Crippen MR) is 71.7 cm³/mol. The van der Waals surface area contributed by atoms with E-state index in [1.54, 1.807) is 7.11 Å². The van der Waals surface area contributed by atoms with E-state index in [1.807, 2.05) is 0 Å². The first-order valence-electron chi connectivity index (χ1n) is 5.86. The van der Waals surface area contributed by atoms with Gasteiger partial charge in [-0.15, -0.1) is 0 Å². The summed E-state index contributed by atoms with van der Waals surface area (Å²) in [7, 11) is 1.78. The normalized spacial score (nSPS) is 22.2. The molecule has 0 radical (unpaired) electrons. The van der Waals surface area contributed by atoms with Gasteiger partial charge in [-0.2, -0.15) is 0 Å². The lowest BCUT2D eigenvalue weighted by Gasteiger charge is -2.30. The smallest absolute Gasteiger partial charge is 0.0827 e. The Morgan fingerprint density at radius 2 is 1.87 bits per heavy atom. The Bertz CT molecular complexity index is 176. The van der Waals surface area contributed by atoms with E-state index in [9.17, 15) is 0 Å². The van der Waals surface area contributed by atoms with Crippen molar-refractivity contribution in [1.29, 1.82) is 0 Å². The zero-order valence-corrected chi connectivity index (χ0v) is 12.2. The molecule has 15 heavy (non-hydrogen) atoms. The van der Waals surface area contributed by atoms with E-state index in [1.165, 1.54) is 25.7 Å². The molecular weight excluding hydrogens is 303 g/mol. The summed E-state index contributed by atoms with van der Waals surface area (Å²) in [6, 6.07) is 0. The molecule has 3 heteroatoms. The molecule has 90 valence electrons. The maximum atomic E-state index is 6.12. The lowest BCUT2D eigenvalue weighted by Crippen LogP contribution is -2.36. The van der Waals surface area contributed by atoms with Crippen LogP contribution >= 0.6 is 22.6 Å². The quantitative estimate of drug-likeness (QED) is 0.550. The number of alkyl halides is 1. The van der Waals surface area contributed by atoms with Crippen molar-refractivity contribution in [3.63, 3.8) is 0 Å². The average molecular weight is 326 g/mol. The third-order valence-electron chi connectivity index (χ3n) is 3.36. The standard InChI is InChI=1S/C12H23IO2/c1-10(2)11(14-3)8-15-12(9-13)6-4-5-7-12/h10-11H,4-9H2,1-3H3. The van der Waals surface area contributed by atoms with E-state index >= 15 is 0 Å². The van der Waals surface area contributed by atoms with Crippen LogP contribution in [0.2, 0.25) is 0 Å². The highest BCUT2D eigenvalue weighted by atomic mass is 127. The monoisotopic (exact) mass is 326 g/mol. The first-order chi connectivity index (χ1) is 7.13. The van der Waals surface area contributed by atoms with Crippen molar-refractivity contribution < 1.29 is 9.47 Å². The van der Waals surface area contributed by atoms with Crippen LogP contribution in [0.1, 0.15) is 39.5 Å². The van der Waals surface area contributed by atoms with Gasteiger partial charge in [-0.3, -0.25) is 0 Å². The Kier molecular flexibility index (Phi) is 5.85. The molecule has 0 aromatic carbocycles. The molecule has 1 saturated carbocycles. The number of rotatable bonds is 6. The number of hydrogen-bond donors (Lipinski definition) is 0. The molecule has 0 spiro atoms. The van der Waals surface area contributed by atoms with Crippen molar-refractivity contribution in [2.75, 3.05) is 18.1 Å². The fourth-order valence-electron chi connectivity index (χ4n) is 2.13. The maximum Gasteiger partial charge on any atom is 0.0827 e. The van der Waals surface area contributed by atoms with Crippen LogP contribution in [0.4, 0.5) is 0 Å². The molecule has 0 saturated heterocycles. The number of ether oxygens (including phenoxy) is 2. The second-order valence-corrected chi connectivity index (χ2v) is 5.62. The van der Waals surface area contributed by atoms with Gasteiger partial charge in [-0.25, -0.2) is 0 Å². The van der Waals surface area contributed by atoms with Gasteiger partial charge in [0.1, 0.15) is 0 Å². The Balaban J connectivity index is 2.39.